The minimum atomic E-state index is 0.0643. The zero-order valence-electron chi connectivity index (χ0n) is 17.9. The fourth-order valence-electron chi connectivity index (χ4n) is 7.36. The maximum Gasteiger partial charge on any atom is 0.231 e. The number of aldehydes is 1. The largest absolute Gasteiger partial charge is 0.454 e. The van der Waals surface area contributed by atoms with Gasteiger partial charge in [0.15, 0.2) is 17.3 Å². The lowest BCUT2D eigenvalue weighted by Crippen LogP contribution is -2.44. The van der Waals surface area contributed by atoms with E-state index in [9.17, 15) is 9.59 Å². The van der Waals surface area contributed by atoms with E-state index < -0.39 is 0 Å². The number of ether oxygens (including phenoxy) is 2. The van der Waals surface area contributed by atoms with Crippen LogP contribution in [-0.2, 0) is 6.42 Å². The standard InChI is InChI=1S/C27H28O4/c1-27-11-10-20-19-5-2-16(14-28)12-17(19)3-6-21(20)22(27)7-8-23(27)26(29)18-4-9-24-25(13-18)31-15-30-24/h2,4-5,9,12-14,20-23H,3,6-8,10-11,15H2,1H3/t20-,21-,22+,23-,27+/m1/s1. The number of carbonyl (C=O) groups is 2. The molecule has 3 aliphatic carbocycles. The Morgan fingerprint density at radius 3 is 2.77 bits per heavy atom. The van der Waals surface area contributed by atoms with E-state index in [-0.39, 0.29) is 23.9 Å². The van der Waals surface area contributed by atoms with Gasteiger partial charge in [-0.15, -0.1) is 0 Å². The van der Waals surface area contributed by atoms with Crippen LogP contribution in [0.1, 0.15) is 76.8 Å². The highest BCUT2D eigenvalue weighted by Crippen LogP contribution is 2.63. The molecule has 6 rings (SSSR count). The summed E-state index contributed by atoms with van der Waals surface area (Å²) in [6.07, 6.45) is 7.52. The Labute approximate surface area is 182 Å². The van der Waals surface area contributed by atoms with Gasteiger partial charge < -0.3 is 9.47 Å². The number of fused-ring (bicyclic) bond motifs is 6. The minimum Gasteiger partial charge on any atom is -0.454 e. The summed E-state index contributed by atoms with van der Waals surface area (Å²) in [4.78, 5) is 24.8. The van der Waals surface area contributed by atoms with E-state index in [2.05, 4.69) is 19.1 Å². The average Bonchev–Trinajstić information content (AvgIpc) is 3.41. The molecule has 2 aromatic carbocycles. The maximum atomic E-state index is 13.6. The molecule has 1 aliphatic heterocycles. The van der Waals surface area contributed by atoms with Gasteiger partial charge in [-0.3, -0.25) is 9.59 Å². The summed E-state index contributed by atoms with van der Waals surface area (Å²) in [6, 6.07) is 11.9. The third-order valence-corrected chi connectivity index (χ3v) is 8.86. The predicted octanol–water partition coefficient (Wildman–Crippen LogP) is 5.58. The first-order valence-electron chi connectivity index (χ1n) is 11.6. The first-order chi connectivity index (χ1) is 15.1. The molecule has 160 valence electrons. The number of benzene rings is 2. The molecule has 0 spiro atoms. The van der Waals surface area contributed by atoms with Crippen LogP contribution in [0.5, 0.6) is 11.5 Å². The van der Waals surface area contributed by atoms with Crippen LogP contribution < -0.4 is 9.47 Å². The summed E-state index contributed by atoms with van der Waals surface area (Å²) in [5.41, 5.74) is 4.42. The normalized spacial score (nSPS) is 32.7. The minimum absolute atomic E-state index is 0.0643. The van der Waals surface area contributed by atoms with E-state index in [4.69, 9.17) is 9.47 Å². The fraction of sp³-hybridized carbons (Fsp3) is 0.481. The average molecular weight is 417 g/mol. The molecule has 4 heteroatoms. The molecule has 1 heterocycles. The van der Waals surface area contributed by atoms with Gasteiger partial charge in [0.25, 0.3) is 0 Å². The lowest BCUT2D eigenvalue weighted by atomic mass is 9.53. The van der Waals surface area contributed by atoms with Crippen molar-refractivity contribution in [3.8, 4) is 11.5 Å². The lowest BCUT2D eigenvalue weighted by molar-refractivity contribution is 0.0276. The van der Waals surface area contributed by atoms with Crippen LogP contribution >= 0.6 is 0 Å². The van der Waals surface area contributed by atoms with Crippen molar-refractivity contribution >= 4 is 12.1 Å². The topological polar surface area (TPSA) is 52.6 Å². The lowest BCUT2D eigenvalue weighted by Gasteiger charge is -2.50. The molecule has 0 amide bonds. The fourth-order valence-corrected chi connectivity index (χ4v) is 7.36. The molecule has 0 bridgehead atoms. The third-order valence-electron chi connectivity index (χ3n) is 8.86. The Kier molecular flexibility index (Phi) is 4.28. The van der Waals surface area contributed by atoms with Crippen LogP contribution in [0.4, 0.5) is 0 Å². The Bertz CT molecular complexity index is 1070. The highest BCUT2D eigenvalue weighted by atomic mass is 16.7. The molecule has 2 saturated carbocycles. The molecule has 4 nitrogen and oxygen atoms in total. The second-order valence-corrected chi connectivity index (χ2v) is 10.1. The Balaban J connectivity index is 1.28. The molecular weight excluding hydrogens is 388 g/mol. The van der Waals surface area contributed by atoms with Crippen molar-refractivity contribution in [2.75, 3.05) is 6.79 Å². The summed E-state index contributed by atoms with van der Waals surface area (Å²) < 4.78 is 10.9. The van der Waals surface area contributed by atoms with E-state index in [1.54, 1.807) is 0 Å². The van der Waals surface area contributed by atoms with Crippen molar-refractivity contribution in [1.29, 1.82) is 0 Å². The van der Waals surface area contributed by atoms with E-state index in [0.717, 1.165) is 55.3 Å². The predicted molar refractivity (Wildman–Crippen MR) is 117 cm³/mol. The van der Waals surface area contributed by atoms with Crippen LogP contribution in [0.15, 0.2) is 36.4 Å². The molecule has 31 heavy (non-hydrogen) atoms. The number of hydrogen-bond acceptors (Lipinski definition) is 4. The van der Waals surface area contributed by atoms with Crippen LogP contribution in [0.2, 0.25) is 0 Å². The second kappa shape index (κ2) is 6.94. The Hall–Kier alpha value is -2.62. The number of aryl methyl sites for hydroxylation is 1. The molecule has 2 aromatic rings. The quantitative estimate of drug-likeness (QED) is 0.484. The van der Waals surface area contributed by atoms with Gasteiger partial charge in [0.1, 0.15) is 6.29 Å². The SMILES string of the molecule is C[C@]12CC[C@@H]3c4ccc(C=O)cc4CC[C@H]3[C@@H]1CC[C@@H]2C(=O)c1ccc2c(c1)OCO2. The van der Waals surface area contributed by atoms with Crippen molar-refractivity contribution in [2.24, 2.45) is 23.2 Å². The summed E-state index contributed by atoms with van der Waals surface area (Å²) >= 11 is 0. The summed E-state index contributed by atoms with van der Waals surface area (Å²) in [6.45, 7) is 2.61. The smallest absolute Gasteiger partial charge is 0.231 e. The molecule has 0 unspecified atom stereocenters. The molecule has 0 aromatic heterocycles. The highest BCUT2D eigenvalue weighted by molar-refractivity contribution is 5.99. The number of hydrogen-bond donors (Lipinski definition) is 0. The molecule has 2 fully saturated rings. The van der Waals surface area contributed by atoms with Crippen molar-refractivity contribution in [2.45, 2.75) is 51.4 Å². The number of Topliss-reactive ketones (excluding diaryl/α,β-unsaturated/α-hetero) is 1. The zero-order valence-corrected chi connectivity index (χ0v) is 17.9. The van der Waals surface area contributed by atoms with Gasteiger partial charge in [0, 0.05) is 17.0 Å². The highest BCUT2D eigenvalue weighted by Gasteiger charge is 2.56. The van der Waals surface area contributed by atoms with Gasteiger partial charge >= 0.3 is 0 Å². The van der Waals surface area contributed by atoms with Crippen molar-refractivity contribution in [3.05, 3.63) is 58.7 Å². The monoisotopic (exact) mass is 416 g/mol. The van der Waals surface area contributed by atoms with E-state index in [1.807, 2.05) is 24.3 Å². The van der Waals surface area contributed by atoms with E-state index in [1.165, 1.54) is 17.5 Å². The van der Waals surface area contributed by atoms with Crippen LogP contribution in [-0.4, -0.2) is 18.9 Å². The number of rotatable bonds is 3. The van der Waals surface area contributed by atoms with E-state index >= 15 is 0 Å². The molecule has 0 N–H and O–H groups in total. The maximum absolute atomic E-state index is 13.6. The second-order valence-electron chi connectivity index (χ2n) is 10.1. The van der Waals surface area contributed by atoms with Crippen molar-refractivity contribution in [1.82, 2.24) is 0 Å². The first kappa shape index (κ1) is 19.1. The van der Waals surface area contributed by atoms with Crippen molar-refractivity contribution < 1.29 is 19.1 Å². The van der Waals surface area contributed by atoms with Gasteiger partial charge in [-0.2, -0.15) is 0 Å². The summed E-state index contributed by atoms with van der Waals surface area (Å²) in [7, 11) is 0. The van der Waals surface area contributed by atoms with Gasteiger partial charge in [0.05, 0.1) is 0 Å². The molecule has 0 radical (unpaired) electrons. The third kappa shape index (κ3) is 2.80. The van der Waals surface area contributed by atoms with Crippen LogP contribution in [0.3, 0.4) is 0 Å². The zero-order chi connectivity index (χ0) is 21.2. The number of carbonyl (C=O) groups excluding carboxylic acids is 2. The van der Waals surface area contributed by atoms with E-state index in [0.29, 0.717) is 23.5 Å². The molecular formula is C27H28O4. The van der Waals surface area contributed by atoms with Crippen molar-refractivity contribution in [3.63, 3.8) is 0 Å². The van der Waals surface area contributed by atoms with Crippen LogP contribution in [0.25, 0.3) is 0 Å². The van der Waals surface area contributed by atoms with Gasteiger partial charge in [0.2, 0.25) is 6.79 Å². The Morgan fingerprint density at radius 1 is 1.03 bits per heavy atom. The summed E-state index contributed by atoms with van der Waals surface area (Å²) in [5, 5.41) is 0. The van der Waals surface area contributed by atoms with Gasteiger partial charge in [-0.1, -0.05) is 19.1 Å². The van der Waals surface area contributed by atoms with Crippen LogP contribution in [0, 0.1) is 23.2 Å². The number of ketones is 1. The Morgan fingerprint density at radius 2 is 1.90 bits per heavy atom. The van der Waals surface area contributed by atoms with Gasteiger partial charge in [-0.25, -0.2) is 0 Å². The first-order valence-corrected chi connectivity index (χ1v) is 11.6. The molecule has 0 saturated heterocycles. The summed E-state index contributed by atoms with van der Waals surface area (Å²) in [5.74, 6) is 3.57. The van der Waals surface area contributed by atoms with Gasteiger partial charge in [-0.05, 0) is 97.1 Å². The molecule has 4 aliphatic rings. The molecule has 5 atom stereocenters.